The summed E-state index contributed by atoms with van der Waals surface area (Å²) < 4.78 is 5.87. The van der Waals surface area contributed by atoms with Gasteiger partial charge in [-0.2, -0.15) is 0 Å². The zero-order valence-corrected chi connectivity index (χ0v) is 13.5. The van der Waals surface area contributed by atoms with Crippen LogP contribution < -0.4 is 15.4 Å². The number of aliphatic hydroxyl groups is 1. The van der Waals surface area contributed by atoms with Crippen molar-refractivity contribution in [3.8, 4) is 5.75 Å². The van der Waals surface area contributed by atoms with E-state index >= 15 is 0 Å². The van der Waals surface area contributed by atoms with E-state index in [9.17, 15) is 15.2 Å². The fourth-order valence-electron chi connectivity index (χ4n) is 3.40. The van der Waals surface area contributed by atoms with E-state index < -0.39 is 16.6 Å². The summed E-state index contributed by atoms with van der Waals surface area (Å²) in [7, 11) is 0. The Morgan fingerprint density at radius 2 is 2.04 bits per heavy atom. The lowest BCUT2D eigenvalue weighted by molar-refractivity contribution is -0.384. The number of benzene rings is 1. The fourth-order valence-corrected chi connectivity index (χ4v) is 3.40. The molecule has 2 heterocycles. The van der Waals surface area contributed by atoms with E-state index in [1.165, 1.54) is 6.07 Å². The topological polar surface area (TPSA) is 102 Å². The van der Waals surface area contributed by atoms with Crippen molar-refractivity contribution in [1.82, 2.24) is 0 Å². The van der Waals surface area contributed by atoms with Crippen LogP contribution in [0.25, 0.3) is 0 Å². The van der Waals surface area contributed by atoms with Crippen LogP contribution in [0.15, 0.2) is 6.07 Å². The molecule has 0 saturated carbocycles. The number of ether oxygens (including phenoxy) is 1. The first-order chi connectivity index (χ1) is 10.8. The van der Waals surface area contributed by atoms with Crippen molar-refractivity contribution in [3.63, 3.8) is 0 Å². The van der Waals surface area contributed by atoms with Gasteiger partial charge in [-0.25, -0.2) is 0 Å². The van der Waals surface area contributed by atoms with E-state index in [-0.39, 0.29) is 11.4 Å². The highest BCUT2D eigenvalue weighted by Gasteiger charge is 2.40. The second-order valence-corrected chi connectivity index (χ2v) is 6.86. The van der Waals surface area contributed by atoms with Crippen LogP contribution in [0.1, 0.15) is 38.7 Å². The number of nitro benzene ring substituents is 1. The summed E-state index contributed by atoms with van der Waals surface area (Å²) in [5.74, 6) is 0.460. The molecule has 0 amide bonds. The maximum absolute atomic E-state index is 11.4. The summed E-state index contributed by atoms with van der Waals surface area (Å²) >= 11 is 0. The third-order valence-electron chi connectivity index (χ3n) is 4.82. The van der Waals surface area contributed by atoms with Gasteiger partial charge in [0.25, 0.3) is 5.69 Å². The van der Waals surface area contributed by atoms with Crippen LogP contribution in [0.5, 0.6) is 5.75 Å². The molecule has 1 fully saturated rings. The van der Waals surface area contributed by atoms with Crippen LogP contribution in [-0.2, 0) is 6.42 Å². The highest BCUT2D eigenvalue weighted by atomic mass is 16.6. The molecule has 0 bridgehead atoms. The normalized spacial score (nSPS) is 23.1. The standard InChI is InChI=1S/C16H23N3O4/c1-16(2)13(20)8-10-12(23-16)9-11(19(21)22)14(17)15(10)18-6-4-3-5-7-18/h9,13,20H,3-8,17H2,1-2H3/t13-/m0/s1. The predicted molar refractivity (Wildman–Crippen MR) is 88.0 cm³/mol. The summed E-state index contributed by atoms with van der Waals surface area (Å²) in [6.45, 7) is 5.20. The number of hydrogen-bond acceptors (Lipinski definition) is 6. The lowest BCUT2D eigenvalue weighted by Gasteiger charge is -2.40. The minimum atomic E-state index is -0.782. The largest absolute Gasteiger partial charge is 0.485 e. The molecule has 7 heteroatoms. The Hall–Kier alpha value is -2.02. The average Bonchev–Trinajstić information content (AvgIpc) is 2.49. The first-order valence-corrected chi connectivity index (χ1v) is 8.03. The van der Waals surface area contributed by atoms with Gasteiger partial charge in [0, 0.05) is 25.1 Å². The van der Waals surface area contributed by atoms with Crippen molar-refractivity contribution in [2.75, 3.05) is 23.7 Å². The van der Waals surface area contributed by atoms with Crippen LogP contribution in [0.4, 0.5) is 17.1 Å². The van der Waals surface area contributed by atoms with Gasteiger partial charge in [0.15, 0.2) is 0 Å². The Kier molecular flexibility index (Phi) is 3.83. The number of piperidine rings is 1. The smallest absolute Gasteiger partial charge is 0.297 e. The maximum atomic E-state index is 11.4. The number of hydrogen-bond donors (Lipinski definition) is 2. The van der Waals surface area contributed by atoms with Gasteiger partial charge in [0.05, 0.1) is 22.8 Å². The van der Waals surface area contributed by atoms with Gasteiger partial charge in [-0.1, -0.05) is 0 Å². The predicted octanol–water partition coefficient (Wildman–Crippen LogP) is 2.24. The molecule has 0 aromatic heterocycles. The highest BCUT2D eigenvalue weighted by Crippen LogP contribution is 2.46. The van der Waals surface area contributed by atoms with Gasteiger partial charge in [0.2, 0.25) is 0 Å². The average molecular weight is 321 g/mol. The second-order valence-electron chi connectivity index (χ2n) is 6.86. The quantitative estimate of drug-likeness (QED) is 0.492. The van der Waals surface area contributed by atoms with E-state index in [1.807, 2.05) is 0 Å². The van der Waals surface area contributed by atoms with E-state index in [0.29, 0.717) is 17.9 Å². The third kappa shape index (κ3) is 2.69. The van der Waals surface area contributed by atoms with Crippen molar-refractivity contribution in [2.24, 2.45) is 0 Å². The summed E-state index contributed by atoms with van der Waals surface area (Å²) in [5.41, 5.74) is 6.84. The van der Waals surface area contributed by atoms with Gasteiger partial charge in [-0.15, -0.1) is 0 Å². The molecule has 1 aromatic carbocycles. The Labute approximate surface area is 135 Å². The van der Waals surface area contributed by atoms with E-state index in [4.69, 9.17) is 10.5 Å². The van der Waals surface area contributed by atoms with Crippen LogP contribution >= 0.6 is 0 Å². The zero-order valence-electron chi connectivity index (χ0n) is 13.5. The Balaban J connectivity index is 2.16. The number of nitro groups is 1. The van der Waals surface area contributed by atoms with Gasteiger partial charge >= 0.3 is 0 Å². The van der Waals surface area contributed by atoms with E-state index in [0.717, 1.165) is 37.9 Å². The SMILES string of the molecule is CC1(C)Oc2cc([N+](=O)[O-])c(N)c(N3CCCCC3)c2C[C@@H]1O. The molecule has 3 N–H and O–H groups in total. The Morgan fingerprint density at radius 1 is 1.39 bits per heavy atom. The molecule has 2 aliphatic rings. The van der Waals surface area contributed by atoms with Gasteiger partial charge < -0.3 is 20.5 Å². The molecule has 0 unspecified atom stereocenters. The summed E-state index contributed by atoms with van der Waals surface area (Å²) in [6.07, 6.45) is 2.92. The molecule has 0 aliphatic carbocycles. The maximum Gasteiger partial charge on any atom is 0.297 e. The zero-order chi connectivity index (χ0) is 16.8. The van der Waals surface area contributed by atoms with E-state index in [2.05, 4.69) is 4.90 Å². The molecule has 7 nitrogen and oxygen atoms in total. The van der Waals surface area contributed by atoms with Crippen LogP contribution in [0.2, 0.25) is 0 Å². The molecule has 1 atom stereocenters. The van der Waals surface area contributed by atoms with Gasteiger partial charge in [-0.05, 0) is 33.1 Å². The minimum Gasteiger partial charge on any atom is -0.485 e. The van der Waals surface area contributed by atoms with Crippen molar-refractivity contribution < 1.29 is 14.8 Å². The lowest BCUT2D eigenvalue weighted by Crippen LogP contribution is -2.47. The molecular weight excluding hydrogens is 298 g/mol. The number of nitrogens with two attached hydrogens (primary N) is 1. The second kappa shape index (κ2) is 5.56. The Bertz CT molecular complexity index is 639. The fraction of sp³-hybridized carbons (Fsp3) is 0.625. The molecule has 0 spiro atoms. The summed E-state index contributed by atoms with van der Waals surface area (Å²) in [5, 5.41) is 21.7. The van der Waals surface area contributed by atoms with Gasteiger partial charge in [-0.3, -0.25) is 10.1 Å². The molecule has 1 aromatic rings. The van der Waals surface area contributed by atoms with Crippen LogP contribution in [0.3, 0.4) is 0 Å². The molecular formula is C16H23N3O4. The molecule has 23 heavy (non-hydrogen) atoms. The first kappa shape index (κ1) is 15.9. The minimum absolute atomic E-state index is 0.128. The number of anilines is 2. The lowest BCUT2D eigenvalue weighted by atomic mass is 9.89. The van der Waals surface area contributed by atoms with Crippen molar-refractivity contribution in [3.05, 3.63) is 21.7 Å². The molecule has 126 valence electrons. The number of rotatable bonds is 2. The number of nitrogens with zero attached hydrogens (tertiary/aromatic N) is 2. The molecule has 3 rings (SSSR count). The number of nitrogen functional groups attached to an aromatic ring is 1. The van der Waals surface area contributed by atoms with Crippen LogP contribution in [-0.4, -0.2) is 34.8 Å². The molecule has 0 radical (unpaired) electrons. The monoisotopic (exact) mass is 321 g/mol. The van der Waals surface area contributed by atoms with Crippen LogP contribution in [0, 0.1) is 10.1 Å². The van der Waals surface area contributed by atoms with Crippen molar-refractivity contribution in [2.45, 2.75) is 51.2 Å². The molecule has 1 saturated heterocycles. The molecule has 2 aliphatic heterocycles. The highest BCUT2D eigenvalue weighted by molar-refractivity contribution is 5.83. The summed E-state index contributed by atoms with van der Waals surface area (Å²) in [6, 6.07) is 1.39. The van der Waals surface area contributed by atoms with E-state index in [1.54, 1.807) is 13.8 Å². The number of aliphatic hydroxyl groups excluding tert-OH is 1. The van der Waals surface area contributed by atoms with Gasteiger partial charge in [0.1, 0.15) is 17.0 Å². The van der Waals surface area contributed by atoms with Crippen molar-refractivity contribution >= 4 is 17.1 Å². The number of fused-ring (bicyclic) bond motifs is 1. The first-order valence-electron chi connectivity index (χ1n) is 8.03. The Morgan fingerprint density at radius 3 is 2.65 bits per heavy atom. The van der Waals surface area contributed by atoms with Crippen molar-refractivity contribution in [1.29, 1.82) is 0 Å². The summed E-state index contributed by atoms with van der Waals surface area (Å²) in [4.78, 5) is 13.0. The third-order valence-corrected chi connectivity index (χ3v) is 4.82.